The lowest BCUT2D eigenvalue weighted by Crippen LogP contribution is -2.45. The van der Waals surface area contributed by atoms with E-state index in [-0.39, 0.29) is 0 Å². The minimum atomic E-state index is 0.623. The maximum absolute atomic E-state index is 2.60. The van der Waals surface area contributed by atoms with Crippen LogP contribution in [0.1, 0.15) is 157 Å². The number of hydrogen-bond donors (Lipinski definition) is 0. The van der Waals surface area contributed by atoms with Crippen molar-refractivity contribution in [3.05, 3.63) is 0 Å². The molecule has 54 heavy (non-hydrogen) atoms. The van der Waals surface area contributed by atoms with Crippen LogP contribution in [0.25, 0.3) is 0 Å². The van der Waals surface area contributed by atoms with E-state index in [1.807, 2.05) is 0 Å². The summed E-state index contributed by atoms with van der Waals surface area (Å²) < 4.78 is 0. The predicted octanol–water partition coefficient (Wildman–Crippen LogP) is 11.1. The lowest BCUT2D eigenvalue weighted by Gasteiger charge is -2.56. The van der Waals surface area contributed by atoms with E-state index >= 15 is 0 Å². The highest BCUT2D eigenvalue weighted by atomic mass is 15.2. The molecule has 5 aliphatic heterocycles. The molecular formula is C50H92N4. The summed E-state index contributed by atoms with van der Waals surface area (Å²) in [6, 6.07) is 1.81. The lowest BCUT2D eigenvalue weighted by molar-refractivity contribution is -0.0545. The predicted molar refractivity (Wildman–Crippen MR) is 232 cm³/mol. The number of fused-ring (bicyclic) bond motifs is 8. The largest absolute Gasteiger partial charge is 0.306 e. The minimum Gasteiger partial charge on any atom is -0.306 e. The molecule has 4 nitrogen and oxygen atoms in total. The number of piperidine rings is 4. The summed E-state index contributed by atoms with van der Waals surface area (Å²) in [6.45, 7) is 22.8. The van der Waals surface area contributed by atoms with Gasteiger partial charge in [-0.1, -0.05) is 54.4 Å². The number of rotatable bonds is 1. The van der Waals surface area contributed by atoms with Crippen molar-refractivity contribution in [3.63, 3.8) is 0 Å². The van der Waals surface area contributed by atoms with Gasteiger partial charge in [0.1, 0.15) is 0 Å². The smallest absolute Gasteiger partial charge is 0.0101 e. The lowest BCUT2D eigenvalue weighted by atomic mass is 9.49. The van der Waals surface area contributed by atoms with Crippen molar-refractivity contribution < 1.29 is 0 Å². The van der Waals surface area contributed by atoms with E-state index < -0.39 is 0 Å². The number of likely N-dealkylation sites (tertiary alicyclic amines) is 3. The Labute approximate surface area is 337 Å². The van der Waals surface area contributed by atoms with Crippen molar-refractivity contribution in [2.24, 2.45) is 81.8 Å². The van der Waals surface area contributed by atoms with Crippen LogP contribution in [0, 0.1) is 81.8 Å². The maximum Gasteiger partial charge on any atom is 0.0101 e. The summed E-state index contributed by atoms with van der Waals surface area (Å²) in [6.07, 6.45) is 27.2. The Bertz CT molecular complexity index is 1060. The zero-order valence-electron chi connectivity index (χ0n) is 37.8. The second-order valence-electron chi connectivity index (χ2n) is 23.8. The Morgan fingerprint density at radius 3 is 1.07 bits per heavy atom. The van der Waals surface area contributed by atoms with Crippen molar-refractivity contribution in [2.75, 3.05) is 67.5 Å². The molecule has 7 aliphatic carbocycles. The molecule has 7 saturated carbocycles. The number of hydrogen-bond acceptors (Lipinski definition) is 4. The quantitative estimate of drug-likeness (QED) is 0.265. The third-order valence-corrected chi connectivity index (χ3v) is 19.2. The molecule has 12 aliphatic rings. The average Bonchev–Trinajstić information content (AvgIpc) is 3.53. The Hall–Kier alpha value is -0.160. The first-order valence-corrected chi connectivity index (χ1v) is 24.5. The summed E-state index contributed by atoms with van der Waals surface area (Å²) in [5.41, 5.74) is 1.47. The van der Waals surface area contributed by atoms with Gasteiger partial charge in [0.15, 0.2) is 0 Å². The van der Waals surface area contributed by atoms with Crippen LogP contribution >= 0.6 is 0 Å². The van der Waals surface area contributed by atoms with E-state index in [0.717, 1.165) is 88.5 Å². The van der Waals surface area contributed by atoms with E-state index in [4.69, 9.17) is 0 Å². The molecular weight excluding hydrogens is 657 g/mol. The van der Waals surface area contributed by atoms with Gasteiger partial charge in [-0.05, 0) is 213 Å². The van der Waals surface area contributed by atoms with E-state index in [1.54, 1.807) is 38.5 Å². The zero-order chi connectivity index (χ0) is 38.4. The van der Waals surface area contributed by atoms with Gasteiger partial charge in [0, 0.05) is 51.4 Å². The molecule has 8 unspecified atom stereocenters. The van der Waals surface area contributed by atoms with Crippen molar-refractivity contribution in [2.45, 2.75) is 169 Å². The van der Waals surface area contributed by atoms with E-state index in [0.29, 0.717) is 5.41 Å². The molecule has 5 heterocycles. The fourth-order valence-corrected chi connectivity index (χ4v) is 16.1. The molecule has 0 radical (unpaired) electrons. The standard InChI is InChI=1S/C12H20.2C10H19N.2C9H17N/c1-2-12-6-9-3-10(7-12)5-11(4-9)8-12;1-10(2)6-8-4-5-9(7-10)11(8)3;1-8-9-4-3-5-10(8)7-11(2)6-9;2*1-7-8-3-4-9(7)6-10(2)5-8/h9-11H,2-8H2,1H3;8-9H,4-7H2,1-3H3;8-10H,3-7H2,1-2H3;2*7-9H,3-6H2,1-2H3. The summed E-state index contributed by atoms with van der Waals surface area (Å²) in [5.74, 6) is 12.7. The molecule has 0 N–H and O–H groups in total. The first-order chi connectivity index (χ1) is 25.7. The van der Waals surface area contributed by atoms with Crippen molar-refractivity contribution >= 4 is 0 Å². The molecule has 12 rings (SSSR count). The van der Waals surface area contributed by atoms with Gasteiger partial charge in [-0.15, -0.1) is 0 Å². The molecule has 5 saturated heterocycles. The van der Waals surface area contributed by atoms with Crippen LogP contribution in [-0.4, -0.2) is 99.1 Å². The minimum absolute atomic E-state index is 0.623. The van der Waals surface area contributed by atoms with Gasteiger partial charge in [-0.25, -0.2) is 0 Å². The van der Waals surface area contributed by atoms with Gasteiger partial charge in [-0.2, -0.15) is 0 Å². The van der Waals surface area contributed by atoms with Crippen molar-refractivity contribution in [1.82, 2.24) is 19.6 Å². The summed E-state index contributed by atoms with van der Waals surface area (Å²) in [4.78, 5) is 10.1. The highest BCUT2D eigenvalue weighted by molar-refractivity contribution is 5.01. The zero-order valence-corrected chi connectivity index (χ0v) is 37.8. The second kappa shape index (κ2) is 17.6. The molecule has 0 aromatic heterocycles. The van der Waals surface area contributed by atoms with Crippen LogP contribution in [0.4, 0.5) is 0 Å². The highest BCUT2D eigenvalue weighted by Crippen LogP contribution is 2.61. The molecule has 0 spiro atoms. The van der Waals surface area contributed by atoms with Crippen LogP contribution in [0.2, 0.25) is 0 Å². The molecule has 12 bridgehead atoms. The van der Waals surface area contributed by atoms with Crippen LogP contribution in [0.3, 0.4) is 0 Å². The monoisotopic (exact) mass is 749 g/mol. The van der Waals surface area contributed by atoms with Crippen LogP contribution in [0.15, 0.2) is 0 Å². The Balaban J connectivity index is 0.000000104. The normalized spacial score (nSPS) is 48.3. The molecule has 4 heteroatoms. The molecule has 312 valence electrons. The van der Waals surface area contributed by atoms with E-state index in [9.17, 15) is 0 Å². The summed E-state index contributed by atoms with van der Waals surface area (Å²) in [7, 11) is 9.10. The van der Waals surface area contributed by atoms with Gasteiger partial charge in [0.05, 0.1) is 0 Å². The number of nitrogens with zero attached hydrogens (tertiary/aromatic N) is 4. The van der Waals surface area contributed by atoms with Crippen LogP contribution in [0.5, 0.6) is 0 Å². The fourth-order valence-electron chi connectivity index (χ4n) is 16.1. The first-order valence-electron chi connectivity index (χ1n) is 24.5. The molecule has 12 fully saturated rings. The Morgan fingerprint density at radius 2 is 0.759 bits per heavy atom. The van der Waals surface area contributed by atoms with Crippen molar-refractivity contribution in [1.29, 1.82) is 0 Å². The fraction of sp³-hybridized carbons (Fsp3) is 1.00. The maximum atomic E-state index is 2.60. The SMILES string of the molecule is CC1C2CCC1CN(C)C2.CC1C2CCC1CN(C)C2.CC1C2CCCC1CN(C)C2.CCC12CC3CC(CC(C3)C1)C2.CN1C2CCC1CC(C)(C)C2. The van der Waals surface area contributed by atoms with Crippen LogP contribution < -0.4 is 0 Å². The third kappa shape index (κ3) is 9.82. The molecule has 8 atom stereocenters. The Morgan fingerprint density at radius 1 is 0.444 bits per heavy atom. The van der Waals surface area contributed by atoms with Gasteiger partial charge in [0.25, 0.3) is 0 Å². The van der Waals surface area contributed by atoms with Gasteiger partial charge >= 0.3 is 0 Å². The molecule has 0 aromatic rings. The third-order valence-electron chi connectivity index (χ3n) is 19.2. The summed E-state index contributed by atoms with van der Waals surface area (Å²) >= 11 is 0. The summed E-state index contributed by atoms with van der Waals surface area (Å²) in [5, 5.41) is 0. The Kier molecular flexibility index (Phi) is 13.7. The topological polar surface area (TPSA) is 13.0 Å². The van der Waals surface area contributed by atoms with E-state index in [1.165, 1.54) is 116 Å². The molecule has 0 aromatic carbocycles. The second-order valence-corrected chi connectivity index (χ2v) is 23.8. The van der Waals surface area contributed by atoms with Crippen molar-refractivity contribution in [3.8, 4) is 0 Å². The van der Waals surface area contributed by atoms with Gasteiger partial charge in [-0.3, -0.25) is 0 Å². The van der Waals surface area contributed by atoms with E-state index in [2.05, 4.69) is 89.3 Å². The first kappa shape index (κ1) is 42.0. The average molecular weight is 749 g/mol. The van der Waals surface area contributed by atoms with Gasteiger partial charge < -0.3 is 19.6 Å². The van der Waals surface area contributed by atoms with Gasteiger partial charge in [0.2, 0.25) is 0 Å². The highest BCUT2D eigenvalue weighted by Gasteiger charge is 2.50. The molecule has 0 amide bonds. The van der Waals surface area contributed by atoms with Crippen LogP contribution in [-0.2, 0) is 0 Å².